The second-order valence-electron chi connectivity index (χ2n) is 4.69. The van der Waals surface area contributed by atoms with E-state index in [0.717, 1.165) is 0 Å². The molecule has 5 nitrogen and oxygen atoms in total. The van der Waals surface area contributed by atoms with Crippen molar-refractivity contribution in [3.63, 3.8) is 0 Å². The van der Waals surface area contributed by atoms with Gasteiger partial charge in [-0.1, -0.05) is 24.8 Å². The van der Waals surface area contributed by atoms with Crippen LogP contribution in [0.4, 0.5) is 0 Å². The number of ether oxygens (including phenoxy) is 4. The molecule has 0 aliphatic rings. The Morgan fingerprint density at radius 1 is 1.13 bits per heavy atom. The zero-order chi connectivity index (χ0) is 17.3. The summed E-state index contributed by atoms with van der Waals surface area (Å²) in [4.78, 5) is 0. The van der Waals surface area contributed by atoms with Gasteiger partial charge in [-0.15, -0.1) is 6.58 Å². The van der Waals surface area contributed by atoms with Gasteiger partial charge in [0.15, 0.2) is 0 Å². The molecule has 0 radical (unpaired) electrons. The molecule has 0 saturated carbocycles. The van der Waals surface area contributed by atoms with E-state index in [1.54, 1.807) is 24.3 Å². The largest absolute Gasteiger partial charge is 0.491 e. The topological polar surface area (TPSA) is 57.2 Å². The van der Waals surface area contributed by atoms with Crippen molar-refractivity contribution < 1.29 is 24.1 Å². The zero-order valence-corrected chi connectivity index (χ0v) is 14.3. The summed E-state index contributed by atoms with van der Waals surface area (Å²) in [7, 11) is 0. The zero-order valence-electron chi connectivity index (χ0n) is 14.3. The molecule has 0 saturated heterocycles. The summed E-state index contributed by atoms with van der Waals surface area (Å²) in [5.41, 5.74) is 0. The van der Waals surface area contributed by atoms with Crippen LogP contribution in [0.1, 0.15) is 13.8 Å². The molecule has 0 spiro atoms. The van der Waals surface area contributed by atoms with Gasteiger partial charge < -0.3 is 24.1 Å². The van der Waals surface area contributed by atoms with Gasteiger partial charge in [0.05, 0.1) is 26.4 Å². The first kappa shape index (κ1) is 21.6. The van der Waals surface area contributed by atoms with Crippen LogP contribution in [0.2, 0.25) is 0 Å². The lowest BCUT2D eigenvalue weighted by Gasteiger charge is -2.20. The molecule has 0 aliphatic carbocycles. The summed E-state index contributed by atoms with van der Waals surface area (Å²) in [6.45, 7) is 13.1. The van der Waals surface area contributed by atoms with E-state index in [4.69, 9.17) is 18.9 Å². The van der Waals surface area contributed by atoms with Crippen molar-refractivity contribution in [1.29, 1.82) is 0 Å². The molecule has 0 aromatic rings. The third-order valence-electron chi connectivity index (χ3n) is 2.70. The second-order valence-corrected chi connectivity index (χ2v) is 4.69. The monoisotopic (exact) mass is 326 g/mol. The smallest absolute Gasteiger partial charge is 0.116 e. The van der Waals surface area contributed by atoms with E-state index in [9.17, 15) is 5.11 Å². The maximum absolute atomic E-state index is 9.95. The molecule has 0 bridgehead atoms. The number of allylic oxidation sites excluding steroid dienone is 4. The van der Waals surface area contributed by atoms with Crippen molar-refractivity contribution >= 4 is 0 Å². The highest BCUT2D eigenvalue weighted by molar-refractivity contribution is 5.15. The molecule has 5 heteroatoms. The van der Waals surface area contributed by atoms with Gasteiger partial charge in [-0.25, -0.2) is 0 Å². The molecule has 0 aromatic carbocycles. The molecule has 132 valence electrons. The summed E-state index contributed by atoms with van der Waals surface area (Å²) < 4.78 is 21.8. The third kappa shape index (κ3) is 12.8. The van der Waals surface area contributed by atoms with Gasteiger partial charge in [0.25, 0.3) is 0 Å². The molecular weight excluding hydrogens is 296 g/mol. The molecule has 0 rings (SSSR count). The first-order valence-electron chi connectivity index (χ1n) is 7.82. The fourth-order valence-electron chi connectivity index (χ4n) is 1.55. The standard InChI is InChI=1S/C18H30O5/c1-5-9-10-17(7-3)22-12-16(19)13-23-18(14-20-8-4)15-21-11-6-2/h5-7,9-10,16,18-19H,1-2,8,11-15H2,3-4H3/b10-9-,17-7+. The average molecular weight is 326 g/mol. The van der Waals surface area contributed by atoms with Crippen molar-refractivity contribution in [3.8, 4) is 0 Å². The predicted octanol–water partition coefficient (Wildman–Crippen LogP) is 2.63. The Hall–Kier alpha value is -1.40. The Morgan fingerprint density at radius 3 is 2.48 bits per heavy atom. The van der Waals surface area contributed by atoms with Crippen LogP contribution >= 0.6 is 0 Å². The normalized spacial score (nSPS) is 14.7. The fourth-order valence-corrected chi connectivity index (χ4v) is 1.55. The third-order valence-corrected chi connectivity index (χ3v) is 2.70. The summed E-state index contributed by atoms with van der Waals surface area (Å²) in [5, 5.41) is 9.95. The molecule has 0 heterocycles. The van der Waals surface area contributed by atoms with Gasteiger partial charge in [0.2, 0.25) is 0 Å². The molecule has 0 amide bonds. The first-order chi connectivity index (χ1) is 11.2. The van der Waals surface area contributed by atoms with E-state index in [2.05, 4.69) is 13.2 Å². The molecule has 2 unspecified atom stereocenters. The van der Waals surface area contributed by atoms with Crippen molar-refractivity contribution in [2.24, 2.45) is 0 Å². The number of rotatable bonds is 15. The van der Waals surface area contributed by atoms with Gasteiger partial charge in [0, 0.05) is 6.61 Å². The maximum atomic E-state index is 9.95. The fraction of sp³-hybridized carbons (Fsp3) is 0.556. The van der Waals surface area contributed by atoms with Crippen molar-refractivity contribution in [2.75, 3.05) is 39.6 Å². The van der Waals surface area contributed by atoms with Gasteiger partial charge in [-0.3, -0.25) is 0 Å². The van der Waals surface area contributed by atoms with Crippen LogP contribution in [0.15, 0.2) is 49.3 Å². The van der Waals surface area contributed by atoms with E-state index in [0.29, 0.717) is 32.2 Å². The Labute approximate surface area is 139 Å². The number of hydrogen-bond acceptors (Lipinski definition) is 5. The van der Waals surface area contributed by atoms with E-state index in [1.807, 2.05) is 19.9 Å². The molecule has 1 N–H and O–H groups in total. The summed E-state index contributed by atoms with van der Waals surface area (Å²) in [6, 6.07) is 0. The number of hydrogen-bond donors (Lipinski definition) is 1. The first-order valence-corrected chi connectivity index (χ1v) is 7.82. The highest BCUT2D eigenvalue weighted by Gasteiger charge is 2.13. The highest BCUT2D eigenvalue weighted by Crippen LogP contribution is 2.03. The SMILES string of the molecule is C=C/C=C\C(=C/C)OCC(O)COC(COCC)COCC=C. The molecule has 2 atom stereocenters. The Kier molecular flexibility index (Phi) is 14.6. The van der Waals surface area contributed by atoms with Crippen molar-refractivity contribution in [3.05, 3.63) is 49.3 Å². The van der Waals surface area contributed by atoms with Gasteiger partial charge in [-0.2, -0.15) is 0 Å². The summed E-state index contributed by atoms with van der Waals surface area (Å²) in [5.74, 6) is 0.670. The second kappa shape index (κ2) is 15.5. The Morgan fingerprint density at radius 2 is 1.87 bits per heavy atom. The van der Waals surface area contributed by atoms with Crippen LogP contribution in [0, 0.1) is 0 Å². The van der Waals surface area contributed by atoms with Gasteiger partial charge in [0.1, 0.15) is 24.6 Å². The Bertz CT molecular complexity index is 362. The van der Waals surface area contributed by atoms with E-state index >= 15 is 0 Å². The molecule has 0 aromatic heterocycles. The minimum absolute atomic E-state index is 0.149. The van der Waals surface area contributed by atoms with Crippen molar-refractivity contribution in [1.82, 2.24) is 0 Å². The minimum Gasteiger partial charge on any atom is -0.491 e. The number of aliphatic hydroxyl groups excluding tert-OH is 1. The molecule has 0 aliphatic heterocycles. The van der Waals surface area contributed by atoms with Gasteiger partial charge in [-0.05, 0) is 26.0 Å². The molecule has 0 fully saturated rings. The molecular formula is C18H30O5. The maximum Gasteiger partial charge on any atom is 0.116 e. The van der Waals surface area contributed by atoms with E-state index in [-0.39, 0.29) is 19.3 Å². The molecule has 23 heavy (non-hydrogen) atoms. The van der Waals surface area contributed by atoms with Crippen LogP contribution in [-0.2, 0) is 18.9 Å². The average Bonchev–Trinajstić information content (AvgIpc) is 2.57. The minimum atomic E-state index is -0.731. The van der Waals surface area contributed by atoms with E-state index < -0.39 is 6.10 Å². The van der Waals surface area contributed by atoms with Crippen LogP contribution < -0.4 is 0 Å². The number of aliphatic hydroxyl groups is 1. The van der Waals surface area contributed by atoms with Crippen LogP contribution in [0.25, 0.3) is 0 Å². The van der Waals surface area contributed by atoms with E-state index in [1.165, 1.54) is 0 Å². The lowest BCUT2D eigenvalue weighted by Crippen LogP contribution is -2.31. The lowest BCUT2D eigenvalue weighted by atomic mass is 10.3. The van der Waals surface area contributed by atoms with Crippen LogP contribution in [0.5, 0.6) is 0 Å². The quantitative estimate of drug-likeness (QED) is 0.217. The van der Waals surface area contributed by atoms with Crippen LogP contribution in [0.3, 0.4) is 0 Å². The highest BCUT2D eigenvalue weighted by atomic mass is 16.6. The van der Waals surface area contributed by atoms with Gasteiger partial charge >= 0.3 is 0 Å². The van der Waals surface area contributed by atoms with Crippen LogP contribution in [-0.4, -0.2) is 57.0 Å². The Balaban J connectivity index is 4.12. The van der Waals surface area contributed by atoms with Crippen molar-refractivity contribution in [2.45, 2.75) is 26.1 Å². The lowest BCUT2D eigenvalue weighted by molar-refractivity contribution is -0.0855. The summed E-state index contributed by atoms with van der Waals surface area (Å²) in [6.07, 6.45) is 7.74. The predicted molar refractivity (Wildman–Crippen MR) is 92.3 cm³/mol. The summed E-state index contributed by atoms with van der Waals surface area (Å²) >= 11 is 0.